The van der Waals surface area contributed by atoms with Gasteiger partial charge in [-0.3, -0.25) is 0 Å². The van der Waals surface area contributed by atoms with Gasteiger partial charge in [0.15, 0.2) is 0 Å². The fourth-order valence-electron chi connectivity index (χ4n) is 1.34. The van der Waals surface area contributed by atoms with Crippen LogP contribution in [0.2, 0.25) is 0 Å². The van der Waals surface area contributed by atoms with Crippen LogP contribution in [0.25, 0.3) is 0 Å². The fourth-order valence-corrected chi connectivity index (χ4v) is 1.59. The van der Waals surface area contributed by atoms with Gasteiger partial charge < -0.3 is 0 Å². The van der Waals surface area contributed by atoms with E-state index in [4.69, 9.17) is 11.6 Å². The van der Waals surface area contributed by atoms with Crippen LogP contribution in [0.1, 0.15) is 33.1 Å². The van der Waals surface area contributed by atoms with Gasteiger partial charge in [0.25, 0.3) is 0 Å². The first-order valence-corrected chi connectivity index (χ1v) is 4.61. The first-order chi connectivity index (χ1) is 5.18. The van der Waals surface area contributed by atoms with E-state index < -0.39 is 0 Å². The molecule has 1 aliphatic carbocycles. The molecular weight excluding hydrogens is 156 g/mol. The van der Waals surface area contributed by atoms with Gasteiger partial charge in [-0.15, -0.1) is 0 Å². The molecule has 0 aliphatic heterocycles. The van der Waals surface area contributed by atoms with Gasteiger partial charge in [-0.1, -0.05) is 37.1 Å². The van der Waals surface area contributed by atoms with Gasteiger partial charge in [0.2, 0.25) is 0 Å². The van der Waals surface area contributed by atoms with Gasteiger partial charge in [-0.25, -0.2) is 0 Å². The van der Waals surface area contributed by atoms with Crippen LogP contribution in [0.3, 0.4) is 0 Å². The highest BCUT2D eigenvalue weighted by atomic mass is 35.5. The Morgan fingerprint density at radius 1 is 1.55 bits per heavy atom. The first kappa shape index (κ1) is 8.86. The van der Waals surface area contributed by atoms with E-state index in [1.54, 1.807) is 0 Å². The van der Waals surface area contributed by atoms with Gasteiger partial charge in [0, 0.05) is 5.03 Å². The summed E-state index contributed by atoms with van der Waals surface area (Å²) in [6.07, 6.45) is 7.73. The lowest BCUT2D eigenvalue weighted by molar-refractivity contribution is 0.645. The van der Waals surface area contributed by atoms with Gasteiger partial charge in [0.1, 0.15) is 0 Å². The van der Waals surface area contributed by atoms with E-state index >= 15 is 0 Å². The molecule has 0 amide bonds. The molecule has 0 fully saturated rings. The summed E-state index contributed by atoms with van der Waals surface area (Å²) in [5.74, 6) is 0.736. The summed E-state index contributed by atoms with van der Waals surface area (Å²) < 4.78 is 0. The Balaban J connectivity index is 2.52. The second-order valence-corrected chi connectivity index (χ2v) is 3.99. The number of rotatable bonds is 2. The maximum atomic E-state index is 5.92. The summed E-state index contributed by atoms with van der Waals surface area (Å²) in [5, 5.41) is 1.02. The quantitative estimate of drug-likeness (QED) is 0.590. The summed E-state index contributed by atoms with van der Waals surface area (Å²) in [6.45, 7) is 4.47. The van der Waals surface area contributed by atoms with Crippen molar-refractivity contribution in [2.75, 3.05) is 0 Å². The molecule has 0 radical (unpaired) electrons. The molecular formula is C10H15Cl. The monoisotopic (exact) mass is 170 g/mol. The van der Waals surface area contributed by atoms with E-state index in [2.05, 4.69) is 26.0 Å². The van der Waals surface area contributed by atoms with Crippen LogP contribution in [0, 0.1) is 5.92 Å². The molecule has 0 heterocycles. The van der Waals surface area contributed by atoms with Crippen LogP contribution in [0.15, 0.2) is 22.8 Å². The SMILES string of the molecule is CC(C)CC1=CCCC(Cl)=C1. The molecule has 0 saturated heterocycles. The normalized spacial score (nSPS) is 18.2. The van der Waals surface area contributed by atoms with Crippen molar-refractivity contribution in [3.63, 3.8) is 0 Å². The van der Waals surface area contributed by atoms with Crippen LogP contribution >= 0.6 is 11.6 Å². The molecule has 1 aliphatic rings. The average molecular weight is 171 g/mol. The first-order valence-electron chi connectivity index (χ1n) is 4.23. The molecule has 62 valence electrons. The second-order valence-electron chi connectivity index (χ2n) is 3.51. The number of hydrogen-bond acceptors (Lipinski definition) is 0. The highest BCUT2D eigenvalue weighted by Gasteiger charge is 2.04. The predicted octanol–water partition coefficient (Wildman–Crippen LogP) is 3.88. The van der Waals surface area contributed by atoms with Crippen LogP contribution in [-0.2, 0) is 0 Å². The van der Waals surface area contributed by atoms with Crippen molar-refractivity contribution in [3.8, 4) is 0 Å². The van der Waals surface area contributed by atoms with Crippen LogP contribution in [0.5, 0.6) is 0 Å². The van der Waals surface area contributed by atoms with E-state index in [9.17, 15) is 0 Å². The molecule has 0 spiro atoms. The maximum absolute atomic E-state index is 5.92. The molecule has 0 bridgehead atoms. The Hall–Kier alpha value is -0.230. The third-order valence-electron chi connectivity index (χ3n) is 1.78. The van der Waals surface area contributed by atoms with Crippen molar-refractivity contribution >= 4 is 11.6 Å². The topological polar surface area (TPSA) is 0 Å². The molecule has 0 aromatic carbocycles. The van der Waals surface area contributed by atoms with E-state index in [1.165, 1.54) is 5.57 Å². The minimum atomic E-state index is 0.736. The van der Waals surface area contributed by atoms with Crippen molar-refractivity contribution in [1.82, 2.24) is 0 Å². The molecule has 0 nitrogen and oxygen atoms in total. The Kier molecular flexibility index (Phi) is 3.19. The number of allylic oxidation sites excluding steroid dienone is 4. The van der Waals surface area contributed by atoms with E-state index in [0.29, 0.717) is 0 Å². The smallest absolute Gasteiger partial charge is 0.0186 e. The minimum absolute atomic E-state index is 0.736. The summed E-state index contributed by atoms with van der Waals surface area (Å²) in [7, 11) is 0. The highest BCUT2D eigenvalue weighted by Crippen LogP contribution is 2.24. The summed E-state index contributed by atoms with van der Waals surface area (Å²) >= 11 is 5.92. The van der Waals surface area contributed by atoms with Crippen molar-refractivity contribution < 1.29 is 0 Å². The Morgan fingerprint density at radius 3 is 2.82 bits per heavy atom. The highest BCUT2D eigenvalue weighted by molar-refractivity contribution is 6.29. The number of hydrogen-bond donors (Lipinski definition) is 0. The van der Waals surface area contributed by atoms with Gasteiger partial charge in [-0.2, -0.15) is 0 Å². The number of halogens is 1. The standard InChI is InChI=1S/C10H15Cl/c1-8(2)6-9-4-3-5-10(11)7-9/h4,7-8H,3,5-6H2,1-2H3. The maximum Gasteiger partial charge on any atom is 0.0186 e. The third kappa shape index (κ3) is 3.11. The molecule has 0 saturated carbocycles. The van der Waals surface area contributed by atoms with Gasteiger partial charge in [0.05, 0.1) is 0 Å². The lowest BCUT2D eigenvalue weighted by Crippen LogP contribution is -1.93. The van der Waals surface area contributed by atoms with E-state index in [1.807, 2.05) is 0 Å². The van der Waals surface area contributed by atoms with Crippen molar-refractivity contribution in [2.24, 2.45) is 5.92 Å². The van der Waals surface area contributed by atoms with Crippen LogP contribution in [-0.4, -0.2) is 0 Å². The lowest BCUT2D eigenvalue weighted by atomic mass is 9.98. The molecule has 1 rings (SSSR count). The molecule has 0 unspecified atom stereocenters. The van der Waals surface area contributed by atoms with Gasteiger partial charge >= 0.3 is 0 Å². The minimum Gasteiger partial charge on any atom is -0.0891 e. The summed E-state index contributed by atoms with van der Waals surface area (Å²) in [4.78, 5) is 0. The molecule has 0 N–H and O–H groups in total. The zero-order valence-corrected chi connectivity index (χ0v) is 7.99. The molecule has 1 heteroatoms. The predicted molar refractivity (Wildman–Crippen MR) is 50.7 cm³/mol. The van der Waals surface area contributed by atoms with Crippen molar-refractivity contribution in [2.45, 2.75) is 33.1 Å². The molecule has 0 aromatic rings. The Labute approximate surface area is 73.9 Å². The molecule has 0 atom stereocenters. The average Bonchev–Trinajstić information content (AvgIpc) is 1.85. The zero-order valence-electron chi connectivity index (χ0n) is 7.23. The van der Waals surface area contributed by atoms with Crippen molar-refractivity contribution in [3.05, 3.63) is 22.8 Å². The third-order valence-corrected chi connectivity index (χ3v) is 2.07. The lowest BCUT2D eigenvalue weighted by Gasteiger charge is -2.10. The fraction of sp³-hybridized carbons (Fsp3) is 0.600. The molecule has 11 heavy (non-hydrogen) atoms. The van der Waals surface area contributed by atoms with E-state index in [-0.39, 0.29) is 0 Å². The van der Waals surface area contributed by atoms with Crippen LogP contribution < -0.4 is 0 Å². The second kappa shape index (κ2) is 3.96. The Bertz CT molecular complexity index is 187. The largest absolute Gasteiger partial charge is 0.0891 e. The summed E-state index contributed by atoms with van der Waals surface area (Å²) in [5.41, 5.74) is 1.41. The van der Waals surface area contributed by atoms with E-state index in [0.717, 1.165) is 30.2 Å². The zero-order chi connectivity index (χ0) is 8.27. The van der Waals surface area contributed by atoms with Crippen molar-refractivity contribution in [1.29, 1.82) is 0 Å². The van der Waals surface area contributed by atoms with Crippen LogP contribution in [0.4, 0.5) is 0 Å². The summed E-state index contributed by atoms with van der Waals surface area (Å²) in [6, 6.07) is 0. The molecule has 0 aromatic heterocycles. The Morgan fingerprint density at radius 2 is 2.27 bits per heavy atom. The van der Waals surface area contributed by atoms with Gasteiger partial charge in [-0.05, 0) is 31.3 Å².